The normalized spacial score (nSPS) is 9.00. The first kappa shape index (κ1) is 7.56. The van der Waals surface area contributed by atoms with Gasteiger partial charge >= 0.3 is 7.69 Å². The van der Waals surface area contributed by atoms with E-state index in [1.54, 1.807) is 18.5 Å². The third kappa shape index (κ3) is 1.72. The smallest absolute Gasteiger partial charge is 0.537 e. The summed E-state index contributed by atoms with van der Waals surface area (Å²) in [6, 6.07) is 1.64. The molecule has 1 aromatic heterocycles. The Kier molecular flexibility index (Phi) is 2.71. The van der Waals surface area contributed by atoms with Crippen molar-refractivity contribution in [3.63, 3.8) is 0 Å². The quantitative estimate of drug-likeness (QED) is 0.717. The molecular formula is C5H4BBrNO2. The van der Waals surface area contributed by atoms with Gasteiger partial charge in [-0.3, -0.25) is 4.98 Å². The van der Waals surface area contributed by atoms with E-state index in [-0.39, 0.29) is 0 Å². The first-order valence-electron chi connectivity index (χ1n) is 2.56. The van der Waals surface area contributed by atoms with Crippen LogP contribution in [0.15, 0.2) is 22.9 Å². The van der Waals surface area contributed by atoms with Gasteiger partial charge in [0.2, 0.25) is 0 Å². The average molecular weight is 201 g/mol. The lowest BCUT2D eigenvalue weighted by molar-refractivity contribution is 0.452. The van der Waals surface area contributed by atoms with Crippen molar-refractivity contribution in [3.8, 4) is 5.75 Å². The summed E-state index contributed by atoms with van der Waals surface area (Å²) in [5.41, 5.74) is 0. The second kappa shape index (κ2) is 3.58. The maximum Gasteiger partial charge on any atom is 0.569 e. The van der Waals surface area contributed by atoms with Crippen LogP contribution < -0.4 is 4.65 Å². The van der Waals surface area contributed by atoms with Crippen molar-refractivity contribution in [1.82, 2.24) is 4.98 Å². The van der Waals surface area contributed by atoms with Gasteiger partial charge in [-0.25, -0.2) is 0 Å². The summed E-state index contributed by atoms with van der Waals surface area (Å²) in [4.78, 5) is 3.80. The lowest BCUT2D eigenvalue weighted by Gasteiger charge is -2.01. The van der Waals surface area contributed by atoms with Crippen LogP contribution in [-0.2, 0) is 0 Å². The lowest BCUT2D eigenvalue weighted by atomic mass is 10.4. The van der Waals surface area contributed by atoms with Crippen molar-refractivity contribution in [3.05, 3.63) is 22.9 Å². The maximum atomic E-state index is 8.26. The molecule has 1 heterocycles. The van der Waals surface area contributed by atoms with Crippen molar-refractivity contribution in [1.29, 1.82) is 0 Å². The molecule has 1 rings (SSSR count). The number of hydrogen-bond acceptors (Lipinski definition) is 3. The summed E-state index contributed by atoms with van der Waals surface area (Å²) in [5.74, 6) is 0.539. The van der Waals surface area contributed by atoms with Crippen LogP contribution in [0.4, 0.5) is 0 Å². The Labute approximate surface area is 67.5 Å². The molecule has 10 heavy (non-hydrogen) atoms. The highest BCUT2D eigenvalue weighted by molar-refractivity contribution is 9.10. The maximum absolute atomic E-state index is 8.26. The number of rotatable bonds is 2. The predicted molar refractivity (Wildman–Crippen MR) is 40.5 cm³/mol. The van der Waals surface area contributed by atoms with Crippen LogP contribution in [-0.4, -0.2) is 17.7 Å². The summed E-state index contributed by atoms with van der Waals surface area (Å²) in [7, 11) is 0.625. The molecule has 3 nitrogen and oxygen atoms in total. The fourth-order valence-electron chi connectivity index (χ4n) is 0.515. The Hall–Kier alpha value is -0.545. The number of aromatic nitrogens is 1. The molecular weight excluding hydrogens is 197 g/mol. The Bertz CT molecular complexity index is 221. The van der Waals surface area contributed by atoms with Gasteiger partial charge in [0.15, 0.2) is 0 Å². The minimum Gasteiger partial charge on any atom is -0.537 e. The van der Waals surface area contributed by atoms with Gasteiger partial charge in [0.1, 0.15) is 5.75 Å². The van der Waals surface area contributed by atoms with E-state index in [4.69, 9.17) is 5.02 Å². The number of hydrogen-bond donors (Lipinski definition) is 1. The summed E-state index contributed by atoms with van der Waals surface area (Å²) < 4.78 is 5.39. The third-order valence-corrected chi connectivity index (χ3v) is 1.51. The first-order valence-corrected chi connectivity index (χ1v) is 3.36. The number of halogens is 1. The Morgan fingerprint density at radius 3 is 3.10 bits per heavy atom. The Morgan fingerprint density at radius 2 is 2.50 bits per heavy atom. The monoisotopic (exact) mass is 200 g/mol. The van der Waals surface area contributed by atoms with Crippen LogP contribution in [0.3, 0.4) is 0 Å². The highest BCUT2D eigenvalue weighted by Crippen LogP contribution is 2.21. The molecule has 0 aliphatic rings. The van der Waals surface area contributed by atoms with Crippen LogP contribution in [0.5, 0.6) is 5.75 Å². The topological polar surface area (TPSA) is 42.4 Å². The van der Waals surface area contributed by atoms with Gasteiger partial charge in [-0.1, -0.05) is 0 Å². The molecule has 51 valence electrons. The number of nitrogens with zero attached hydrogens (tertiary/aromatic N) is 1. The van der Waals surface area contributed by atoms with E-state index in [2.05, 4.69) is 25.6 Å². The molecule has 0 atom stereocenters. The van der Waals surface area contributed by atoms with E-state index < -0.39 is 0 Å². The molecule has 0 aliphatic heterocycles. The van der Waals surface area contributed by atoms with Gasteiger partial charge in [0, 0.05) is 12.4 Å². The van der Waals surface area contributed by atoms with Crippen molar-refractivity contribution in [2.24, 2.45) is 0 Å². The standard InChI is InChI=1S/C5H4BBrNO2/c7-4-3-8-2-1-5(4)10-6-9/h1-3,9H. The molecule has 0 bridgehead atoms. The van der Waals surface area contributed by atoms with Gasteiger partial charge in [-0.05, 0) is 22.0 Å². The van der Waals surface area contributed by atoms with Gasteiger partial charge in [-0.2, -0.15) is 0 Å². The van der Waals surface area contributed by atoms with Crippen molar-refractivity contribution in [2.75, 3.05) is 0 Å². The molecule has 0 fully saturated rings. The number of pyridine rings is 1. The van der Waals surface area contributed by atoms with Crippen molar-refractivity contribution in [2.45, 2.75) is 0 Å². The zero-order valence-corrected chi connectivity index (χ0v) is 6.58. The fraction of sp³-hybridized carbons (Fsp3) is 0. The molecule has 0 unspecified atom stereocenters. The predicted octanol–water partition coefficient (Wildman–Crippen LogP) is 0.749. The van der Waals surface area contributed by atoms with Gasteiger partial charge in [0.05, 0.1) is 4.47 Å². The summed E-state index contributed by atoms with van der Waals surface area (Å²) in [6.45, 7) is 0. The van der Waals surface area contributed by atoms with Crippen LogP contribution >= 0.6 is 15.9 Å². The third-order valence-electron chi connectivity index (χ3n) is 0.915. The van der Waals surface area contributed by atoms with Crippen LogP contribution in [0.2, 0.25) is 0 Å². The highest BCUT2D eigenvalue weighted by Gasteiger charge is 1.98. The molecule has 0 saturated carbocycles. The highest BCUT2D eigenvalue weighted by atomic mass is 79.9. The van der Waals surface area contributed by atoms with E-state index >= 15 is 0 Å². The van der Waals surface area contributed by atoms with E-state index in [0.717, 1.165) is 0 Å². The average Bonchev–Trinajstić information content (AvgIpc) is 1.94. The lowest BCUT2D eigenvalue weighted by Crippen LogP contribution is -2.00. The molecule has 1 aromatic rings. The molecule has 5 heteroatoms. The largest absolute Gasteiger partial charge is 0.569 e. The fourth-order valence-corrected chi connectivity index (χ4v) is 0.859. The summed E-state index contributed by atoms with van der Waals surface area (Å²) in [6.07, 6.45) is 3.16. The summed E-state index contributed by atoms with van der Waals surface area (Å²) in [5, 5.41) is 8.26. The van der Waals surface area contributed by atoms with Crippen molar-refractivity contribution < 1.29 is 9.68 Å². The van der Waals surface area contributed by atoms with E-state index in [9.17, 15) is 0 Å². The van der Waals surface area contributed by atoms with Crippen molar-refractivity contribution >= 4 is 23.6 Å². The summed E-state index contributed by atoms with van der Waals surface area (Å²) >= 11 is 3.18. The van der Waals surface area contributed by atoms with Gasteiger partial charge in [-0.15, -0.1) is 0 Å². The van der Waals surface area contributed by atoms with Crippen LogP contribution in [0.25, 0.3) is 0 Å². The second-order valence-electron chi connectivity index (χ2n) is 1.53. The molecule has 0 amide bonds. The Balaban J connectivity index is 2.81. The van der Waals surface area contributed by atoms with Gasteiger partial charge in [0.25, 0.3) is 0 Å². The van der Waals surface area contributed by atoms with Crippen LogP contribution in [0, 0.1) is 0 Å². The first-order chi connectivity index (χ1) is 4.84. The van der Waals surface area contributed by atoms with E-state index in [1.165, 1.54) is 0 Å². The van der Waals surface area contributed by atoms with E-state index in [0.29, 0.717) is 17.9 Å². The second-order valence-corrected chi connectivity index (χ2v) is 2.38. The van der Waals surface area contributed by atoms with Gasteiger partial charge < -0.3 is 9.68 Å². The Morgan fingerprint density at radius 1 is 1.70 bits per heavy atom. The molecule has 0 aliphatic carbocycles. The van der Waals surface area contributed by atoms with Crippen LogP contribution in [0.1, 0.15) is 0 Å². The SMILES string of the molecule is O[B]Oc1ccncc1Br. The minimum absolute atomic E-state index is 0.539. The zero-order valence-electron chi connectivity index (χ0n) is 4.99. The molecule has 1 N–H and O–H groups in total. The molecule has 0 aromatic carbocycles. The van der Waals surface area contributed by atoms with E-state index in [1.807, 2.05) is 0 Å². The minimum atomic E-state index is 0.539. The molecule has 0 saturated heterocycles. The molecule has 0 spiro atoms. The zero-order chi connectivity index (χ0) is 7.40. The molecule has 1 radical (unpaired) electrons.